The molecule has 0 N–H and O–H groups in total. The van der Waals surface area contributed by atoms with Crippen molar-refractivity contribution in [2.75, 3.05) is 0 Å². The lowest BCUT2D eigenvalue weighted by Crippen LogP contribution is -2.25. The molecule has 106 heavy (non-hydrogen) atoms. The van der Waals surface area contributed by atoms with Gasteiger partial charge < -0.3 is 4.57 Å². The fourth-order valence-electron chi connectivity index (χ4n) is 14.8. The van der Waals surface area contributed by atoms with Gasteiger partial charge in [0.1, 0.15) is 0 Å². The molecule has 0 amide bonds. The van der Waals surface area contributed by atoms with Crippen LogP contribution < -0.4 is 15.9 Å². The van der Waals surface area contributed by atoms with Crippen LogP contribution in [0.4, 0.5) is 0 Å². The van der Waals surface area contributed by atoms with Gasteiger partial charge in [-0.3, -0.25) is 0 Å². The van der Waals surface area contributed by atoms with Crippen LogP contribution in [0.25, 0.3) is 167 Å². The summed E-state index contributed by atoms with van der Waals surface area (Å²) in [5.41, 5.74) is 14.5. The molecule has 9 heteroatoms. The topological polar surface area (TPSA) is 118 Å². The van der Waals surface area contributed by atoms with Crippen LogP contribution in [-0.4, -0.2) is 29.9 Å². The van der Waals surface area contributed by atoms with Crippen molar-refractivity contribution >= 4 is 76.9 Å². The van der Waals surface area contributed by atoms with Gasteiger partial charge in [-0.15, -0.1) is 0 Å². The van der Waals surface area contributed by atoms with E-state index in [4.69, 9.17) is 29.9 Å². The van der Waals surface area contributed by atoms with Crippen LogP contribution in [0, 0.1) is 11.3 Å². The zero-order valence-corrected chi connectivity index (χ0v) is 58.2. The highest BCUT2D eigenvalue weighted by Gasteiger charge is 2.31. The van der Waals surface area contributed by atoms with Crippen LogP contribution in [-0.2, 0) is 4.57 Å². The highest BCUT2D eigenvalue weighted by molar-refractivity contribution is 7.85. The molecule has 19 rings (SSSR count). The third kappa shape index (κ3) is 12.1. The summed E-state index contributed by atoms with van der Waals surface area (Å²) in [4.78, 5) is 30.6. The molecule has 0 radical (unpaired) electrons. The van der Waals surface area contributed by atoms with Gasteiger partial charge in [0.2, 0.25) is 0 Å². The minimum absolute atomic E-state index is 0.568. The summed E-state index contributed by atoms with van der Waals surface area (Å²) in [5.74, 6) is 3.65. The third-order valence-electron chi connectivity index (χ3n) is 19.9. The highest BCUT2D eigenvalue weighted by atomic mass is 31.2. The molecule has 0 atom stereocenters. The zero-order chi connectivity index (χ0) is 70.9. The van der Waals surface area contributed by atoms with E-state index >= 15 is 4.57 Å². The summed E-state index contributed by atoms with van der Waals surface area (Å²) < 4.78 is 15.6. The molecule has 0 bridgehead atoms. The van der Waals surface area contributed by atoms with E-state index < -0.39 is 7.14 Å². The minimum Gasteiger partial charge on any atom is -0.309 e. The van der Waals surface area contributed by atoms with Crippen LogP contribution in [0.1, 0.15) is 5.56 Å². The molecular formula is C97H62N7OP. The van der Waals surface area contributed by atoms with E-state index in [-0.39, 0.29) is 0 Å². The molecule has 17 aromatic carbocycles. The number of nitriles is 1. The number of fused-ring (bicyclic) bond motifs is 3. The molecule has 8 nitrogen and oxygen atoms in total. The first kappa shape index (κ1) is 64.2. The molecule has 496 valence electrons. The Kier molecular flexibility index (Phi) is 16.8. The summed E-state index contributed by atoms with van der Waals surface area (Å²) in [5, 5.41) is 23.5. The first-order chi connectivity index (χ1) is 52.4. The molecular weight excluding hydrogens is 1310 g/mol. The standard InChI is InChI=1S/C55H36N3OP.C42H26N4/c59-60(46-22-9-3-10-23-46,47-24-11-4-12-25-47)48-26-14-21-42(36-48)43-33-44(49-31-29-39-28-27-37-19-13-20-38-30-32-50(49)52(39)51(37)38)35-45(34-43)55-57-53(40-15-5-1-6-16-40)56-54(58-55)41-17-7-2-8-18-41;43-27-28-19-21-29(22-20-28)30-23-25-31(26-24-30)38-36-17-9-7-15-34(36)35-16-8-10-18-37(35)39(38)42-45-40(32-11-3-1-4-12-32)44-41(46-42)33-13-5-2-6-14-33/h1-36H;1-26H. The van der Waals surface area contributed by atoms with Gasteiger partial charge in [0, 0.05) is 54.9 Å². The number of benzene rings is 17. The first-order valence-electron chi connectivity index (χ1n) is 35.3. The predicted molar refractivity (Wildman–Crippen MR) is 437 cm³/mol. The van der Waals surface area contributed by atoms with Gasteiger partial charge in [-0.25, -0.2) is 29.9 Å². The third-order valence-corrected chi connectivity index (χ3v) is 22.9. The summed E-state index contributed by atoms with van der Waals surface area (Å²) in [6, 6.07) is 130. The van der Waals surface area contributed by atoms with Crippen molar-refractivity contribution < 1.29 is 4.57 Å². The predicted octanol–water partition coefficient (Wildman–Crippen LogP) is 23.1. The molecule has 0 spiro atoms. The van der Waals surface area contributed by atoms with E-state index in [9.17, 15) is 5.26 Å². The summed E-state index contributed by atoms with van der Waals surface area (Å²) >= 11 is 0. The van der Waals surface area contributed by atoms with Crippen LogP contribution in [0.2, 0.25) is 0 Å². The molecule has 0 aliphatic rings. The highest BCUT2D eigenvalue weighted by Crippen LogP contribution is 2.47. The van der Waals surface area contributed by atoms with Gasteiger partial charge in [-0.2, -0.15) is 5.26 Å². The molecule has 0 unspecified atom stereocenters. The van der Waals surface area contributed by atoms with Gasteiger partial charge in [0.05, 0.1) is 11.6 Å². The van der Waals surface area contributed by atoms with E-state index in [0.29, 0.717) is 40.5 Å². The maximum atomic E-state index is 15.6. The Balaban J connectivity index is 0.000000156. The second-order valence-electron chi connectivity index (χ2n) is 26.3. The van der Waals surface area contributed by atoms with Crippen molar-refractivity contribution in [1.29, 1.82) is 5.26 Å². The minimum atomic E-state index is -3.24. The fraction of sp³-hybridized carbons (Fsp3) is 0. The summed E-state index contributed by atoms with van der Waals surface area (Å²) in [6.07, 6.45) is 0. The Hall–Kier alpha value is -14.0. The van der Waals surface area contributed by atoms with Crippen molar-refractivity contribution in [2.45, 2.75) is 0 Å². The molecule has 0 aliphatic carbocycles. The largest absolute Gasteiger partial charge is 0.309 e. The lowest BCUT2D eigenvalue weighted by molar-refractivity contribution is 0.592. The molecule has 0 fully saturated rings. The van der Waals surface area contributed by atoms with Gasteiger partial charge in [-0.1, -0.05) is 340 Å². The number of rotatable bonds is 13. The maximum absolute atomic E-state index is 15.6. The van der Waals surface area contributed by atoms with Crippen molar-refractivity contribution in [2.24, 2.45) is 0 Å². The summed E-state index contributed by atoms with van der Waals surface area (Å²) in [7, 11) is -3.24. The Morgan fingerprint density at radius 2 is 0.585 bits per heavy atom. The molecule has 2 heterocycles. The van der Waals surface area contributed by atoms with E-state index in [1.807, 2.05) is 218 Å². The van der Waals surface area contributed by atoms with Gasteiger partial charge >= 0.3 is 0 Å². The van der Waals surface area contributed by atoms with Crippen LogP contribution in [0.5, 0.6) is 0 Å². The molecule has 2 aromatic heterocycles. The Labute approximate surface area is 613 Å². The lowest BCUT2D eigenvalue weighted by Gasteiger charge is -2.21. The number of hydrogen-bond donors (Lipinski definition) is 0. The average molecular weight is 1370 g/mol. The average Bonchev–Trinajstić information content (AvgIpc) is 0.720. The second kappa shape index (κ2) is 27.8. The van der Waals surface area contributed by atoms with E-state index in [0.717, 1.165) is 110 Å². The normalized spacial score (nSPS) is 11.4. The van der Waals surface area contributed by atoms with E-state index in [1.54, 1.807) is 0 Å². The van der Waals surface area contributed by atoms with Crippen LogP contribution in [0.15, 0.2) is 376 Å². The first-order valence-corrected chi connectivity index (χ1v) is 37.0. The quantitative estimate of drug-likeness (QED) is 0.0827. The Morgan fingerprint density at radius 1 is 0.226 bits per heavy atom. The SMILES string of the molecule is N#Cc1ccc(-c2ccc(-c3c(-c4nc(-c5ccccc5)nc(-c5ccccc5)n4)c4ccccc4c4ccccc34)cc2)cc1.O=P(c1ccccc1)(c1ccccc1)c1cccc(-c2cc(-c3nc(-c4ccccc4)nc(-c4ccccc4)n3)cc(-c3ccc4ccc5cccc6ccc3c4c56)c2)c1. The Bertz CT molecular complexity index is 6400. The van der Waals surface area contributed by atoms with Crippen LogP contribution >= 0.6 is 7.14 Å². The van der Waals surface area contributed by atoms with Gasteiger partial charge in [-0.05, 0) is 129 Å². The number of aromatic nitrogens is 6. The lowest BCUT2D eigenvalue weighted by atomic mass is 9.87. The smallest absolute Gasteiger partial charge is 0.171 e. The monoisotopic (exact) mass is 1370 g/mol. The van der Waals surface area contributed by atoms with Gasteiger partial charge in [0.25, 0.3) is 0 Å². The van der Waals surface area contributed by atoms with E-state index in [1.165, 1.54) is 37.7 Å². The molecule has 0 saturated heterocycles. The van der Waals surface area contributed by atoms with Crippen LogP contribution in [0.3, 0.4) is 0 Å². The fourth-order valence-corrected chi connectivity index (χ4v) is 17.5. The zero-order valence-electron chi connectivity index (χ0n) is 57.3. The van der Waals surface area contributed by atoms with Crippen molar-refractivity contribution in [1.82, 2.24) is 29.9 Å². The Morgan fingerprint density at radius 3 is 1.08 bits per heavy atom. The van der Waals surface area contributed by atoms with Crippen molar-refractivity contribution in [3.63, 3.8) is 0 Å². The van der Waals surface area contributed by atoms with Crippen molar-refractivity contribution in [3.8, 4) is 119 Å². The molecule has 19 aromatic rings. The maximum Gasteiger partial charge on any atom is 0.171 e. The summed E-state index contributed by atoms with van der Waals surface area (Å²) in [6.45, 7) is 0. The number of hydrogen-bond acceptors (Lipinski definition) is 8. The molecule has 0 saturated carbocycles. The van der Waals surface area contributed by atoms with Crippen molar-refractivity contribution in [3.05, 3.63) is 382 Å². The second-order valence-corrected chi connectivity index (χ2v) is 29.1. The van der Waals surface area contributed by atoms with E-state index in [2.05, 4.69) is 164 Å². The number of nitrogens with zero attached hydrogens (tertiary/aromatic N) is 7. The van der Waals surface area contributed by atoms with Gasteiger partial charge in [0.15, 0.2) is 42.1 Å². The molecule has 0 aliphatic heterocycles.